The van der Waals surface area contributed by atoms with Crippen molar-refractivity contribution in [1.29, 1.82) is 0 Å². The normalized spacial score (nSPS) is 19.3. The van der Waals surface area contributed by atoms with Gasteiger partial charge in [-0.2, -0.15) is 0 Å². The predicted molar refractivity (Wildman–Crippen MR) is 90.0 cm³/mol. The molecule has 0 radical (unpaired) electrons. The maximum absolute atomic E-state index is 11.7. The number of hydrogen-bond acceptors (Lipinski definition) is 4. The Balaban J connectivity index is 1.70. The number of sulfone groups is 1. The number of aryl methyl sites for hydroxylation is 2. The van der Waals surface area contributed by atoms with E-state index in [1.165, 1.54) is 0 Å². The molecule has 8 heteroatoms. The molecule has 23 heavy (non-hydrogen) atoms. The zero-order chi connectivity index (χ0) is 17.0. The van der Waals surface area contributed by atoms with Crippen LogP contribution in [0.5, 0.6) is 5.75 Å². The summed E-state index contributed by atoms with van der Waals surface area (Å²) in [6.07, 6.45) is 0.468. The Labute approximate surface area is 141 Å². The number of carbonyl (C=O) groups is 1. The SMILES string of the molecule is Cc1cc(OCCNC(=O)NC2CCS(=O)(=O)C2)cc(C)c1Cl. The fourth-order valence-electron chi connectivity index (χ4n) is 2.47. The Morgan fingerprint density at radius 1 is 1.35 bits per heavy atom. The minimum atomic E-state index is -2.99. The summed E-state index contributed by atoms with van der Waals surface area (Å²) in [5.41, 5.74) is 1.88. The minimum absolute atomic E-state index is 0.0141. The summed E-state index contributed by atoms with van der Waals surface area (Å²) in [4.78, 5) is 11.7. The lowest BCUT2D eigenvalue weighted by molar-refractivity contribution is 0.233. The van der Waals surface area contributed by atoms with Crippen LogP contribution in [0.1, 0.15) is 17.5 Å². The number of hydrogen-bond donors (Lipinski definition) is 2. The van der Waals surface area contributed by atoms with Crippen molar-refractivity contribution in [3.63, 3.8) is 0 Å². The number of ether oxygens (including phenoxy) is 1. The van der Waals surface area contributed by atoms with Crippen LogP contribution in [0.15, 0.2) is 12.1 Å². The highest BCUT2D eigenvalue weighted by Gasteiger charge is 2.28. The number of amides is 2. The lowest BCUT2D eigenvalue weighted by atomic mass is 10.1. The summed E-state index contributed by atoms with van der Waals surface area (Å²) < 4.78 is 28.2. The molecule has 2 N–H and O–H groups in total. The molecular formula is C15H21ClN2O4S. The van der Waals surface area contributed by atoms with Gasteiger partial charge in [-0.25, -0.2) is 13.2 Å². The van der Waals surface area contributed by atoms with Crippen LogP contribution < -0.4 is 15.4 Å². The van der Waals surface area contributed by atoms with E-state index < -0.39 is 9.84 Å². The van der Waals surface area contributed by atoms with Crippen molar-refractivity contribution in [2.75, 3.05) is 24.7 Å². The van der Waals surface area contributed by atoms with Gasteiger partial charge in [0.25, 0.3) is 0 Å². The first-order chi connectivity index (χ1) is 10.8. The number of urea groups is 1. The second-order valence-corrected chi connectivity index (χ2v) is 8.33. The first kappa shape index (κ1) is 17.9. The molecule has 1 atom stereocenters. The molecule has 1 unspecified atom stereocenters. The van der Waals surface area contributed by atoms with Crippen LogP contribution in [0.2, 0.25) is 5.02 Å². The van der Waals surface area contributed by atoms with Gasteiger partial charge in [0.05, 0.1) is 18.1 Å². The molecule has 0 aromatic heterocycles. The summed E-state index contributed by atoms with van der Waals surface area (Å²) in [5.74, 6) is 0.852. The van der Waals surface area contributed by atoms with E-state index in [0.29, 0.717) is 25.3 Å². The van der Waals surface area contributed by atoms with Gasteiger partial charge in [0, 0.05) is 11.1 Å². The van der Waals surface area contributed by atoms with Crippen LogP contribution in [0.25, 0.3) is 0 Å². The number of carbonyl (C=O) groups excluding carboxylic acids is 1. The summed E-state index contributed by atoms with van der Waals surface area (Å²) in [7, 11) is -2.99. The topological polar surface area (TPSA) is 84.5 Å². The van der Waals surface area contributed by atoms with E-state index in [1.54, 1.807) is 0 Å². The highest BCUT2D eigenvalue weighted by molar-refractivity contribution is 7.91. The quantitative estimate of drug-likeness (QED) is 0.784. The zero-order valence-electron chi connectivity index (χ0n) is 13.2. The van der Waals surface area contributed by atoms with Crippen molar-refractivity contribution in [3.8, 4) is 5.75 Å². The van der Waals surface area contributed by atoms with Crippen molar-refractivity contribution in [2.24, 2.45) is 0 Å². The summed E-state index contributed by atoms with van der Waals surface area (Å²) >= 11 is 6.09. The molecule has 0 bridgehead atoms. The van der Waals surface area contributed by atoms with E-state index in [0.717, 1.165) is 16.1 Å². The second-order valence-electron chi connectivity index (χ2n) is 5.72. The summed E-state index contributed by atoms with van der Waals surface area (Å²) in [6.45, 7) is 4.45. The molecule has 6 nitrogen and oxygen atoms in total. The maximum Gasteiger partial charge on any atom is 0.315 e. The van der Waals surface area contributed by atoms with Crippen molar-refractivity contribution >= 4 is 27.5 Å². The van der Waals surface area contributed by atoms with Crippen molar-refractivity contribution in [3.05, 3.63) is 28.3 Å². The molecule has 0 saturated carbocycles. The van der Waals surface area contributed by atoms with Crippen molar-refractivity contribution in [1.82, 2.24) is 10.6 Å². The average Bonchev–Trinajstić information content (AvgIpc) is 2.79. The van der Waals surface area contributed by atoms with Gasteiger partial charge in [0.15, 0.2) is 9.84 Å². The monoisotopic (exact) mass is 360 g/mol. The smallest absolute Gasteiger partial charge is 0.315 e. The van der Waals surface area contributed by atoms with Crippen molar-refractivity contribution in [2.45, 2.75) is 26.3 Å². The first-order valence-electron chi connectivity index (χ1n) is 7.41. The van der Waals surface area contributed by atoms with Crippen LogP contribution in [0.3, 0.4) is 0 Å². The van der Waals surface area contributed by atoms with E-state index in [-0.39, 0.29) is 23.6 Å². The van der Waals surface area contributed by atoms with Crippen LogP contribution in [0.4, 0.5) is 4.79 Å². The summed E-state index contributed by atoms with van der Waals surface area (Å²) in [5, 5.41) is 6.03. The molecular weight excluding hydrogens is 340 g/mol. The number of benzene rings is 1. The highest BCUT2D eigenvalue weighted by Crippen LogP contribution is 2.25. The summed E-state index contributed by atoms with van der Waals surface area (Å²) in [6, 6.07) is 3.01. The third-order valence-electron chi connectivity index (χ3n) is 3.63. The Kier molecular flexibility index (Phi) is 5.75. The Morgan fingerprint density at radius 2 is 2.00 bits per heavy atom. The van der Waals surface area contributed by atoms with E-state index >= 15 is 0 Å². The third kappa shape index (κ3) is 5.28. The largest absolute Gasteiger partial charge is 0.492 e. The molecule has 2 amide bonds. The van der Waals surface area contributed by atoms with Crippen LogP contribution >= 0.6 is 11.6 Å². The van der Waals surface area contributed by atoms with E-state index in [1.807, 2.05) is 26.0 Å². The van der Waals surface area contributed by atoms with Gasteiger partial charge in [-0.15, -0.1) is 0 Å². The third-order valence-corrected chi connectivity index (χ3v) is 6.00. The second kappa shape index (κ2) is 7.40. The van der Waals surface area contributed by atoms with E-state index in [4.69, 9.17) is 16.3 Å². The van der Waals surface area contributed by atoms with Gasteiger partial charge in [-0.1, -0.05) is 11.6 Å². The van der Waals surface area contributed by atoms with Crippen molar-refractivity contribution < 1.29 is 17.9 Å². The van der Waals surface area contributed by atoms with E-state index in [9.17, 15) is 13.2 Å². The molecule has 1 aliphatic rings. The van der Waals surface area contributed by atoms with Gasteiger partial charge in [-0.05, 0) is 43.5 Å². The zero-order valence-corrected chi connectivity index (χ0v) is 14.8. The molecule has 1 aliphatic heterocycles. The molecule has 2 rings (SSSR count). The van der Waals surface area contributed by atoms with E-state index in [2.05, 4.69) is 10.6 Å². The Morgan fingerprint density at radius 3 is 2.57 bits per heavy atom. The van der Waals surface area contributed by atoms with Gasteiger partial charge in [-0.3, -0.25) is 0 Å². The fourth-order valence-corrected chi connectivity index (χ4v) is 4.25. The number of nitrogens with one attached hydrogen (secondary N) is 2. The molecule has 1 fully saturated rings. The number of halogens is 1. The van der Waals surface area contributed by atoms with Gasteiger partial charge >= 0.3 is 6.03 Å². The van der Waals surface area contributed by atoms with Crippen LogP contribution in [0, 0.1) is 13.8 Å². The molecule has 0 aliphatic carbocycles. The van der Waals surface area contributed by atoms with Gasteiger partial charge < -0.3 is 15.4 Å². The molecule has 1 aromatic rings. The lowest BCUT2D eigenvalue weighted by Crippen LogP contribution is -2.43. The molecule has 1 aromatic carbocycles. The first-order valence-corrected chi connectivity index (χ1v) is 9.61. The van der Waals surface area contributed by atoms with Crippen LogP contribution in [-0.2, 0) is 9.84 Å². The Bertz CT molecular complexity index is 668. The lowest BCUT2D eigenvalue weighted by Gasteiger charge is -2.13. The molecule has 0 spiro atoms. The molecule has 1 heterocycles. The van der Waals surface area contributed by atoms with Gasteiger partial charge in [0.2, 0.25) is 0 Å². The predicted octanol–water partition coefficient (Wildman–Crippen LogP) is 1.82. The average molecular weight is 361 g/mol. The van der Waals surface area contributed by atoms with Crippen LogP contribution in [-0.4, -0.2) is 45.1 Å². The fraction of sp³-hybridized carbons (Fsp3) is 0.533. The molecule has 128 valence electrons. The molecule has 1 saturated heterocycles. The number of rotatable bonds is 5. The Hall–Kier alpha value is -1.47. The maximum atomic E-state index is 11.7. The van der Waals surface area contributed by atoms with Gasteiger partial charge in [0.1, 0.15) is 12.4 Å². The minimum Gasteiger partial charge on any atom is -0.492 e. The highest BCUT2D eigenvalue weighted by atomic mass is 35.5. The standard InChI is InChI=1S/C15H21ClN2O4S/c1-10-7-13(8-11(2)14(10)16)22-5-4-17-15(19)18-12-3-6-23(20,21)9-12/h7-8,12H,3-6,9H2,1-2H3,(H2,17,18,19).